The molecule has 3 aromatic rings. The van der Waals surface area contributed by atoms with Crippen LogP contribution in [0.25, 0.3) is 0 Å². The van der Waals surface area contributed by atoms with Crippen molar-refractivity contribution in [3.05, 3.63) is 92.6 Å². The highest BCUT2D eigenvalue weighted by molar-refractivity contribution is 7.89. The van der Waals surface area contributed by atoms with Gasteiger partial charge < -0.3 is 9.64 Å². The number of carbonyl (C=O) groups is 1. The van der Waals surface area contributed by atoms with Gasteiger partial charge in [-0.3, -0.25) is 4.79 Å². The number of thiophene rings is 1. The first-order valence-electron chi connectivity index (χ1n) is 10.8. The lowest BCUT2D eigenvalue weighted by Gasteiger charge is -2.37. The molecule has 0 radical (unpaired) electrons. The molecule has 0 spiro atoms. The van der Waals surface area contributed by atoms with Crippen molar-refractivity contribution in [2.75, 3.05) is 26.7 Å². The number of hydrogen-bond donors (Lipinski definition) is 0. The Morgan fingerprint density at radius 2 is 1.94 bits per heavy atom. The average molecular weight is 552 g/mol. The third kappa shape index (κ3) is 5.27. The predicted molar refractivity (Wildman–Crippen MR) is 140 cm³/mol. The Morgan fingerprint density at radius 3 is 2.60 bits per heavy atom. The van der Waals surface area contributed by atoms with Crippen LogP contribution >= 0.6 is 34.5 Å². The lowest BCUT2D eigenvalue weighted by molar-refractivity contribution is -0.133. The Bertz CT molecular complexity index is 1340. The van der Waals surface area contributed by atoms with E-state index in [1.54, 1.807) is 40.5 Å². The predicted octanol–water partition coefficient (Wildman–Crippen LogP) is 5.41. The summed E-state index contributed by atoms with van der Waals surface area (Å²) in [5.74, 6) is 0.217. The zero-order valence-electron chi connectivity index (χ0n) is 19.0. The highest BCUT2D eigenvalue weighted by Crippen LogP contribution is 2.41. The summed E-state index contributed by atoms with van der Waals surface area (Å²) in [6.45, 7) is 3.78. The summed E-state index contributed by atoms with van der Waals surface area (Å²) in [6, 6.07) is 12.8. The molecule has 1 unspecified atom stereocenters. The molecular weight excluding hydrogens is 527 g/mol. The van der Waals surface area contributed by atoms with Gasteiger partial charge in [-0.05, 0) is 65.4 Å². The number of nitrogens with zero attached hydrogens (tertiary/aromatic N) is 2. The van der Waals surface area contributed by atoms with E-state index in [1.165, 1.54) is 30.2 Å². The zero-order chi connectivity index (χ0) is 25.2. The number of ether oxygens (including phenoxy) is 1. The van der Waals surface area contributed by atoms with Crippen LogP contribution in [0.3, 0.4) is 0 Å². The zero-order valence-corrected chi connectivity index (χ0v) is 22.1. The molecule has 184 valence electrons. The van der Waals surface area contributed by atoms with Gasteiger partial charge >= 0.3 is 0 Å². The minimum absolute atomic E-state index is 0.00991. The molecule has 0 bridgehead atoms. The molecule has 4 rings (SSSR count). The molecule has 1 aliphatic heterocycles. The van der Waals surface area contributed by atoms with E-state index in [0.717, 1.165) is 15.4 Å². The monoisotopic (exact) mass is 550 g/mol. The summed E-state index contributed by atoms with van der Waals surface area (Å²) in [6.07, 6.45) is 2.15. The van der Waals surface area contributed by atoms with Crippen molar-refractivity contribution >= 4 is 50.5 Å². The number of rotatable bonds is 8. The molecule has 0 N–H and O–H groups in total. The average Bonchev–Trinajstić information content (AvgIpc) is 3.32. The van der Waals surface area contributed by atoms with E-state index < -0.39 is 16.1 Å². The molecular formula is C25H24Cl2N2O4S2. The number of carbonyl (C=O) groups excluding carboxylic acids is 1. The Balaban J connectivity index is 1.67. The SMILES string of the molecule is C=CCN(CC(=O)N1CCc2sccc2C1c1ccc(Cl)cc1Cl)S(=O)(=O)c1ccc(OC)cc1. The first-order chi connectivity index (χ1) is 16.8. The van der Waals surface area contributed by atoms with E-state index in [2.05, 4.69) is 6.58 Å². The van der Waals surface area contributed by atoms with Gasteiger partial charge in [-0.25, -0.2) is 8.42 Å². The highest BCUT2D eigenvalue weighted by atomic mass is 35.5. The summed E-state index contributed by atoms with van der Waals surface area (Å²) in [5, 5.41) is 2.95. The van der Waals surface area contributed by atoms with Crippen molar-refractivity contribution in [1.82, 2.24) is 9.21 Å². The third-order valence-electron chi connectivity index (χ3n) is 5.88. The van der Waals surface area contributed by atoms with Crippen molar-refractivity contribution in [3.63, 3.8) is 0 Å². The quantitative estimate of drug-likeness (QED) is 0.351. The van der Waals surface area contributed by atoms with Crippen LogP contribution in [0.4, 0.5) is 0 Å². The van der Waals surface area contributed by atoms with E-state index in [9.17, 15) is 13.2 Å². The molecule has 0 saturated carbocycles. The van der Waals surface area contributed by atoms with Gasteiger partial charge in [0.15, 0.2) is 0 Å². The van der Waals surface area contributed by atoms with Gasteiger partial charge in [0.05, 0.1) is 24.6 Å². The second-order valence-corrected chi connectivity index (χ2v) is 11.7. The van der Waals surface area contributed by atoms with Crippen molar-refractivity contribution in [2.24, 2.45) is 0 Å². The summed E-state index contributed by atoms with van der Waals surface area (Å²) < 4.78 is 33.0. The van der Waals surface area contributed by atoms with Crippen LogP contribution in [0.2, 0.25) is 10.0 Å². The maximum Gasteiger partial charge on any atom is 0.243 e. The van der Waals surface area contributed by atoms with Crippen LogP contribution < -0.4 is 4.74 Å². The molecule has 1 amide bonds. The van der Waals surface area contributed by atoms with Gasteiger partial charge in [-0.2, -0.15) is 4.31 Å². The molecule has 35 heavy (non-hydrogen) atoms. The smallest absolute Gasteiger partial charge is 0.243 e. The molecule has 0 aliphatic carbocycles. The normalized spacial score (nSPS) is 15.7. The minimum Gasteiger partial charge on any atom is -0.497 e. The summed E-state index contributed by atoms with van der Waals surface area (Å²) in [5.41, 5.74) is 1.74. The lowest BCUT2D eigenvalue weighted by Crippen LogP contribution is -2.46. The van der Waals surface area contributed by atoms with E-state index in [4.69, 9.17) is 27.9 Å². The molecule has 0 fully saturated rings. The number of halogens is 2. The van der Waals surface area contributed by atoms with Gasteiger partial charge in [0.1, 0.15) is 5.75 Å². The van der Waals surface area contributed by atoms with E-state index in [1.807, 2.05) is 17.5 Å². The maximum absolute atomic E-state index is 13.7. The van der Waals surface area contributed by atoms with Gasteiger partial charge in [-0.15, -0.1) is 17.9 Å². The number of fused-ring (bicyclic) bond motifs is 1. The van der Waals surface area contributed by atoms with Crippen LogP contribution in [-0.4, -0.2) is 50.3 Å². The van der Waals surface area contributed by atoms with Gasteiger partial charge in [0.2, 0.25) is 15.9 Å². The molecule has 2 aromatic carbocycles. The standard InChI is InChI=1S/C25H24Cl2N2O4S2/c1-3-12-28(35(31,32)19-7-5-18(33-2)6-8-19)16-24(30)29-13-10-23-21(11-14-34-23)25(29)20-9-4-17(26)15-22(20)27/h3-9,11,14-15,25H,1,10,12-13,16H2,2H3. The van der Waals surface area contributed by atoms with E-state index in [0.29, 0.717) is 28.8 Å². The number of sulfonamides is 1. The topological polar surface area (TPSA) is 66.9 Å². The molecule has 1 atom stereocenters. The van der Waals surface area contributed by atoms with Gasteiger partial charge in [-0.1, -0.05) is 35.3 Å². The first kappa shape index (κ1) is 25.7. The summed E-state index contributed by atoms with van der Waals surface area (Å²) in [4.78, 5) is 16.6. The third-order valence-corrected chi connectivity index (χ3v) is 9.27. The first-order valence-corrected chi connectivity index (χ1v) is 13.9. The number of hydrogen-bond acceptors (Lipinski definition) is 5. The Morgan fingerprint density at radius 1 is 1.20 bits per heavy atom. The van der Waals surface area contributed by atoms with Gasteiger partial charge in [0.25, 0.3) is 0 Å². The Hall–Kier alpha value is -2.36. The highest BCUT2D eigenvalue weighted by Gasteiger charge is 2.36. The Kier molecular flexibility index (Phi) is 7.88. The fourth-order valence-electron chi connectivity index (χ4n) is 4.17. The van der Waals surface area contributed by atoms with Crippen LogP contribution in [0, 0.1) is 0 Å². The summed E-state index contributed by atoms with van der Waals surface area (Å²) in [7, 11) is -2.44. The van der Waals surface area contributed by atoms with Crippen molar-refractivity contribution in [2.45, 2.75) is 17.4 Å². The molecule has 2 heterocycles. The number of amides is 1. The van der Waals surface area contributed by atoms with Crippen LogP contribution in [0.15, 0.2) is 71.5 Å². The largest absolute Gasteiger partial charge is 0.497 e. The number of benzene rings is 2. The fourth-order valence-corrected chi connectivity index (χ4v) is 6.95. The van der Waals surface area contributed by atoms with Gasteiger partial charge in [0, 0.05) is 28.0 Å². The van der Waals surface area contributed by atoms with Crippen molar-refractivity contribution in [1.29, 1.82) is 0 Å². The van der Waals surface area contributed by atoms with Crippen LogP contribution in [0.5, 0.6) is 5.75 Å². The summed E-state index contributed by atoms with van der Waals surface area (Å²) >= 11 is 14.3. The molecule has 1 aromatic heterocycles. The fraction of sp³-hybridized carbons (Fsp3) is 0.240. The second-order valence-electron chi connectivity index (χ2n) is 7.97. The second kappa shape index (κ2) is 10.7. The number of methoxy groups -OCH3 is 1. The van der Waals surface area contributed by atoms with Crippen LogP contribution in [-0.2, 0) is 21.2 Å². The molecule has 0 saturated heterocycles. The van der Waals surface area contributed by atoms with Crippen LogP contribution in [0.1, 0.15) is 22.0 Å². The maximum atomic E-state index is 13.7. The van der Waals surface area contributed by atoms with E-state index in [-0.39, 0.29) is 23.9 Å². The minimum atomic E-state index is -3.95. The lowest BCUT2D eigenvalue weighted by atomic mass is 9.93. The molecule has 6 nitrogen and oxygen atoms in total. The van der Waals surface area contributed by atoms with Crippen molar-refractivity contribution in [3.8, 4) is 5.75 Å². The molecule has 10 heteroatoms. The van der Waals surface area contributed by atoms with E-state index >= 15 is 0 Å². The molecule has 1 aliphatic rings. The van der Waals surface area contributed by atoms with Crippen molar-refractivity contribution < 1.29 is 17.9 Å². The Labute approximate surface area is 219 Å².